The Morgan fingerprint density at radius 2 is 0.827 bits per heavy atom. The van der Waals surface area contributed by atoms with E-state index in [2.05, 4.69) is 205 Å². The van der Waals surface area contributed by atoms with Gasteiger partial charge >= 0.3 is 0 Å². The summed E-state index contributed by atoms with van der Waals surface area (Å²) in [6.07, 6.45) is 0. The van der Waals surface area contributed by atoms with Gasteiger partial charge in [-0.05, 0) is 110 Å². The Labute approximate surface area is 307 Å². The fraction of sp³-hybridized carbons (Fsp3) is 0. The highest BCUT2D eigenvalue weighted by Crippen LogP contribution is 2.43. The molecule has 1 nitrogen and oxygen atoms in total. The Kier molecular flexibility index (Phi) is 7.41. The maximum atomic E-state index is 2.36. The predicted octanol–water partition coefficient (Wildman–Crippen LogP) is 14.8. The molecule has 0 radical (unpaired) electrons. The van der Waals surface area contributed by atoms with E-state index in [0.717, 1.165) is 17.1 Å². The minimum absolute atomic E-state index is 1.11. The molecule has 0 atom stereocenters. The SMILES string of the molecule is c1ccc(-c2ccc(N(c3ccc(-c4ccccc4)cc3)c3cccc(-c4ccc5c(ccc6ccc7sc8ccccc8c7c65)c4)c3)cc2)cc1. The van der Waals surface area contributed by atoms with Gasteiger partial charge in [-0.3, -0.25) is 0 Å². The summed E-state index contributed by atoms with van der Waals surface area (Å²) in [7, 11) is 0. The predicted molar refractivity (Wildman–Crippen MR) is 225 cm³/mol. The van der Waals surface area contributed by atoms with Crippen molar-refractivity contribution in [3.05, 3.63) is 200 Å². The van der Waals surface area contributed by atoms with Crippen LogP contribution in [0.5, 0.6) is 0 Å². The van der Waals surface area contributed by atoms with Crippen LogP contribution in [0.15, 0.2) is 200 Å². The fourth-order valence-electron chi connectivity index (χ4n) is 7.69. The van der Waals surface area contributed by atoms with E-state index in [1.54, 1.807) is 0 Å². The number of fused-ring (bicyclic) bond motifs is 7. The van der Waals surface area contributed by atoms with Crippen molar-refractivity contribution >= 4 is 70.1 Å². The van der Waals surface area contributed by atoms with E-state index in [1.807, 2.05) is 11.3 Å². The molecule has 10 aromatic rings. The highest BCUT2D eigenvalue weighted by atomic mass is 32.1. The summed E-state index contributed by atoms with van der Waals surface area (Å²) in [5, 5.41) is 7.88. The van der Waals surface area contributed by atoms with Crippen molar-refractivity contribution < 1.29 is 0 Å². The first kappa shape index (κ1) is 30.4. The molecule has 0 aliphatic rings. The first-order valence-corrected chi connectivity index (χ1v) is 18.6. The number of anilines is 3. The number of hydrogen-bond donors (Lipinski definition) is 0. The van der Waals surface area contributed by atoms with Crippen LogP contribution in [0.25, 0.3) is 75.1 Å². The summed E-state index contributed by atoms with van der Waals surface area (Å²) in [6.45, 7) is 0. The Morgan fingerprint density at radius 1 is 0.288 bits per heavy atom. The van der Waals surface area contributed by atoms with E-state index in [1.165, 1.54) is 75.1 Å². The average molecular weight is 680 g/mol. The summed E-state index contributed by atoms with van der Waals surface area (Å²) < 4.78 is 2.68. The van der Waals surface area contributed by atoms with Crippen molar-refractivity contribution in [3.8, 4) is 33.4 Å². The molecular weight excluding hydrogens is 647 g/mol. The van der Waals surface area contributed by atoms with Crippen LogP contribution in [0.2, 0.25) is 0 Å². The van der Waals surface area contributed by atoms with Crippen LogP contribution >= 0.6 is 11.3 Å². The first-order valence-electron chi connectivity index (χ1n) is 17.8. The second kappa shape index (κ2) is 12.7. The Morgan fingerprint density at radius 3 is 1.52 bits per heavy atom. The first-order chi connectivity index (χ1) is 25.8. The smallest absolute Gasteiger partial charge is 0.0467 e. The van der Waals surface area contributed by atoms with Crippen LogP contribution in [-0.4, -0.2) is 0 Å². The molecular formula is C50H33NS. The lowest BCUT2D eigenvalue weighted by molar-refractivity contribution is 1.28. The van der Waals surface area contributed by atoms with Crippen molar-refractivity contribution in [1.82, 2.24) is 0 Å². The maximum Gasteiger partial charge on any atom is 0.0467 e. The van der Waals surface area contributed by atoms with Crippen LogP contribution < -0.4 is 4.90 Å². The number of nitrogens with zero attached hydrogens (tertiary/aromatic N) is 1. The van der Waals surface area contributed by atoms with Crippen molar-refractivity contribution in [2.45, 2.75) is 0 Å². The summed E-state index contributed by atoms with van der Waals surface area (Å²) in [5.74, 6) is 0. The molecule has 9 aromatic carbocycles. The van der Waals surface area contributed by atoms with Crippen LogP contribution in [0, 0.1) is 0 Å². The monoisotopic (exact) mass is 679 g/mol. The minimum Gasteiger partial charge on any atom is -0.310 e. The lowest BCUT2D eigenvalue weighted by atomic mass is 9.94. The van der Waals surface area contributed by atoms with Crippen molar-refractivity contribution in [1.29, 1.82) is 0 Å². The summed E-state index contributed by atoms with van der Waals surface area (Å²) in [6, 6.07) is 72.8. The Hall–Kier alpha value is -6.48. The third kappa shape index (κ3) is 5.33. The molecule has 0 saturated carbocycles. The van der Waals surface area contributed by atoms with Gasteiger partial charge in [-0.2, -0.15) is 0 Å². The van der Waals surface area contributed by atoms with E-state index in [9.17, 15) is 0 Å². The number of hydrogen-bond acceptors (Lipinski definition) is 2. The standard InChI is InChI=1S/C50H33NS/c1-3-10-34(11-4-1)36-20-26-42(27-21-36)51(43-28-22-37(23-29-43)35-12-5-2-6-13-35)44-15-9-14-39(33-44)40-24-30-45-41(32-40)19-18-38-25-31-48-50(49(38)45)46-16-7-8-17-47(46)52-48/h1-33H. The molecule has 10 rings (SSSR count). The van der Waals surface area contributed by atoms with Gasteiger partial charge in [-0.25, -0.2) is 0 Å². The van der Waals surface area contributed by atoms with Crippen molar-refractivity contribution in [2.75, 3.05) is 4.90 Å². The van der Waals surface area contributed by atoms with Gasteiger partial charge in [-0.1, -0.05) is 146 Å². The average Bonchev–Trinajstić information content (AvgIpc) is 3.61. The van der Waals surface area contributed by atoms with E-state index in [-0.39, 0.29) is 0 Å². The minimum atomic E-state index is 1.11. The summed E-state index contributed by atoms with van der Waals surface area (Å²) >= 11 is 1.88. The lowest BCUT2D eigenvalue weighted by Gasteiger charge is -2.26. The molecule has 0 amide bonds. The van der Waals surface area contributed by atoms with Crippen molar-refractivity contribution in [3.63, 3.8) is 0 Å². The van der Waals surface area contributed by atoms with Crippen LogP contribution in [0.1, 0.15) is 0 Å². The van der Waals surface area contributed by atoms with Gasteiger partial charge in [-0.15, -0.1) is 11.3 Å². The summed E-state index contributed by atoms with van der Waals surface area (Å²) in [4.78, 5) is 2.36. The van der Waals surface area contributed by atoms with Crippen LogP contribution in [0.3, 0.4) is 0 Å². The zero-order valence-electron chi connectivity index (χ0n) is 28.4. The van der Waals surface area contributed by atoms with E-state index in [0.29, 0.717) is 0 Å². The van der Waals surface area contributed by atoms with Gasteiger partial charge in [0.2, 0.25) is 0 Å². The Bertz CT molecular complexity index is 2790. The quantitative estimate of drug-likeness (QED) is 0.158. The molecule has 0 bridgehead atoms. The molecule has 0 N–H and O–H groups in total. The molecule has 0 aliphatic carbocycles. The molecule has 52 heavy (non-hydrogen) atoms. The van der Waals surface area contributed by atoms with Crippen LogP contribution in [0.4, 0.5) is 17.1 Å². The third-order valence-electron chi connectivity index (χ3n) is 10.2. The molecule has 0 aliphatic heterocycles. The second-order valence-corrected chi connectivity index (χ2v) is 14.4. The lowest BCUT2D eigenvalue weighted by Crippen LogP contribution is -2.10. The zero-order chi connectivity index (χ0) is 34.4. The van der Waals surface area contributed by atoms with E-state index in [4.69, 9.17) is 0 Å². The van der Waals surface area contributed by atoms with Gasteiger partial charge in [0.1, 0.15) is 0 Å². The second-order valence-electron chi connectivity index (χ2n) is 13.3. The molecule has 0 unspecified atom stereocenters. The number of rotatable bonds is 6. The zero-order valence-corrected chi connectivity index (χ0v) is 29.2. The van der Waals surface area contributed by atoms with Gasteiger partial charge in [0, 0.05) is 37.2 Å². The van der Waals surface area contributed by atoms with E-state index < -0.39 is 0 Å². The molecule has 1 heterocycles. The fourth-order valence-corrected chi connectivity index (χ4v) is 8.80. The molecule has 2 heteroatoms. The highest BCUT2D eigenvalue weighted by molar-refractivity contribution is 7.26. The van der Waals surface area contributed by atoms with Crippen LogP contribution in [-0.2, 0) is 0 Å². The molecule has 0 spiro atoms. The van der Waals surface area contributed by atoms with Crippen molar-refractivity contribution in [2.24, 2.45) is 0 Å². The summed E-state index contributed by atoms with van der Waals surface area (Å²) in [5.41, 5.74) is 10.6. The molecule has 1 aromatic heterocycles. The topological polar surface area (TPSA) is 3.24 Å². The highest BCUT2D eigenvalue weighted by Gasteiger charge is 2.16. The van der Waals surface area contributed by atoms with E-state index >= 15 is 0 Å². The van der Waals surface area contributed by atoms with Gasteiger partial charge in [0.15, 0.2) is 0 Å². The maximum absolute atomic E-state index is 2.36. The largest absolute Gasteiger partial charge is 0.310 e. The molecule has 0 fully saturated rings. The third-order valence-corrected chi connectivity index (χ3v) is 11.4. The number of thiophene rings is 1. The van der Waals surface area contributed by atoms with Gasteiger partial charge < -0.3 is 4.90 Å². The molecule has 0 saturated heterocycles. The number of benzene rings is 9. The van der Waals surface area contributed by atoms with Gasteiger partial charge in [0.05, 0.1) is 0 Å². The van der Waals surface area contributed by atoms with Gasteiger partial charge in [0.25, 0.3) is 0 Å². The molecule has 244 valence electrons. The normalized spacial score (nSPS) is 11.5. The Balaban J connectivity index is 1.08.